The third-order valence-electron chi connectivity index (χ3n) is 6.34. The summed E-state index contributed by atoms with van der Waals surface area (Å²) < 4.78 is 30.9. The van der Waals surface area contributed by atoms with E-state index in [9.17, 15) is 23.6 Å². The molecule has 3 unspecified atom stereocenters. The van der Waals surface area contributed by atoms with Gasteiger partial charge >= 0.3 is 17.8 Å². The summed E-state index contributed by atoms with van der Waals surface area (Å²) in [5.41, 5.74) is -3.26. The maximum absolute atomic E-state index is 13.8. The van der Waals surface area contributed by atoms with Gasteiger partial charge in [-0.3, -0.25) is 9.69 Å². The molecular weight excluding hydrogens is 449 g/mol. The fraction of sp³-hybridized carbons (Fsp3) is 0.565. The first-order valence-electron chi connectivity index (χ1n) is 11.1. The van der Waals surface area contributed by atoms with E-state index in [1.807, 2.05) is 0 Å². The quantitative estimate of drug-likeness (QED) is 0.670. The number of hydrogen-bond donors (Lipinski definition) is 1. The molecule has 2 aliphatic heterocycles. The molecule has 1 amide bonds. The molecule has 3 heterocycles. The van der Waals surface area contributed by atoms with Crippen molar-refractivity contribution < 1.29 is 28.2 Å². The van der Waals surface area contributed by atoms with Gasteiger partial charge in [0.1, 0.15) is 17.5 Å². The first-order valence-corrected chi connectivity index (χ1v) is 11.1. The van der Waals surface area contributed by atoms with Gasteiger partial charge in [0, 0.05) is 6.42 Å². The number of amides is 1. The summed E-state index contributed by atoms with van der Waals surface area (Å²) in [5, 5.41) is -0.0841. The predicted octanol–water partition coefficient (Wildman–Crippen LogP) is 2.10. The third-order valence-corrected chi connectivity index (χ3v) is 6.34. The average molecular weight is 477 g/mol. The molecule has 4 rings (SSSR count). The number of esters is 1. The van der Waals surface area contributed by atoms with Crippen molar-refractivity contribution >= 4 is 23.0 Å². The van der Waals surface area contributed by atoms with Gasteiger partial charge in [-0.2, -0.15) is 0 Å². The van der Waals surface area contributed by atoms with Crippen LogP contribution in [-0.4, -0.2) is 64.0 Å². The molecule has 34 heavy (non-hydrogen) atoms. The minimum atomic E-state index is -1.38. The number of H-pyrrole nitrogens is 1. The number of rotatable bonds is 4. The van der Waals surface area contributed by atoms with Crippen LogP contribution in [0.3, 0.4) is 0 Å². The zero-order valence-corrected chi connectivity index (χ0v) is 19.6. The number of halogens is 1. The van der Waals surface area contributed by atoms with Crippen molar-refractivity contribution in [2.24, 2.45) is 0 Å². The van der Waals surface area contributed by atoms with Crippen molar-refractivity contribution in [2.45, 2.75) is 63.3 Å². The summed E-state index contributed by atoms with van der Waals surface area (Å²) in [6.45, 7) is 5.68. The molecule has 0 saturated carbocycles. The summed E-state index contributed by atoms with van der Waals surface area (Å²) in [7, 11) is 1.15. The van der Waals surface area contributed by atoms with Crippen LogP contribution >= 0.6 is 0 Å². The van der Waals surface area contributed by atoms with E-state index < -0.39 is 46.3 Å². The highest BCUT2D eigenvalue weighted by molar-refractivity contribution is 5.79. The lowest BCUT2D eigenvalue weighted by molar-refractivity contribution is -0.147. The van der Waals surface area contributed by atoms with E-state index in [4.69, 9.17) is 14.2 Å². The molecule has 2 fully saturated rings. The van der Waals surface area contributed by atoms with Gasteiger partial charge in [-0.15, -0.1) is 0 Å². The molecule has 2 saturated heterocycles. The summed E-state index contributed by atoms with van der Waals surface area (Å²) in [6.07, 6.45) is 0.434. The fourth-order valence-corrected chi connectivity index (χ4v) is 4.93. The van der Waals surface area contributed by atoms with E-state index in [-0.39, 0.29) is 30.0 Å². The Bertz CT molecular complexity index is 1240. The molecule has 3 atom stereocenters. The lowest BCUT2D eigenvalue weighted by atomic mass is 9.88. The Morgan fingerprint density at radius 1 is 1.32 bits per heavy atom. The Morgan fingerprint density at radius 2 is 2.06 bits per heavy atom. The van der Waals surface area contributed by atoms with E-state index in [2.05, 4.69) is 4.98 Å². The molecule has 0 aliphatic carbocycles. The Morgan fingerprint density at radius 3 is 2.74 bits per heavy atom. The molecule has 0 radical (unpaired) electrons. The van der Waals surface area contributed by atoms with E-state index in [0.717, 1.165) is 23.8 Å². The minimum Gasteiger partial charge on any atom is -0.467 e. The number of aromatic nitrogens is 2. The molecule has 2 bridgehead atoms. The van der Waals surface area contributed by atoms with E-state index in [1.165, 1.54) is 6.07 Å². The Labute approximate surface area is 194 Å². The van der Waals surface area contributed by atoms with E-state index in [1.54, 1.807) is 25.7 Å². The zero-order chi connectivity index (χ0) is 24.8. The Kier molecular flexibility index (Phi) is 6.01. The van der Waals surface area contributed by atoms with Crippen molar-refractivity contribution in [3.8, 4) is 0 Å². The summed E-state index contributed by atoms with van der Waals surface area (Å²) in [5.74, 6) is -1.50. The molecule has 1 aromatic carbocycles. The van der Waals surface area contributed by atoms with Crippen molar-refractivity contribution in [1.82, 2.24) is 14.5 Å². The number of nitrogens with zero attached hydrogens (tertiary/aromatic N) is 2. The average Bonchev–Trinajstić information content (AvgIpc) is 2.97. The summed E-state index contributed by atoms with van der Waals surface area (Å²) >= 11 is 0. The van der Waals surface area contributed by atoms with Crippen molar-refractivity contribution in [3.05, 3.63) is 44.9 Å². The van der Waals surface area contributed by atoms with Crippen LogP contribution in [0, 0.1) is 5.82 Å². The first-order chi connectivity index (χ1) is 16.0. The number of nitrogens with one attached hydrogen (secondary N) is 1. The molecule has 1 aromatic heterocycles. The number of aromatic amines is 1. The van der Waals surface area contributed by atoms with Gasteiger partial charge in [0.25, 0.3) is 5.56 Å². The molecular formula is C23H28FN3O7. The van der Waals surface area contributed by atoms with Crippen LogP contribution in [-0.2, 0) is 19.0 Å². The maximum Gasteiger partial charge on any atom is 0.411 e. The molecule has 11 heteroatoms. The second kappa shape index (κ2) is 8.53. The number of ether oxygens (including phenoxy) is 3. The van der Waals surface area contributed by atoms with Crippen molar-refractivity contribution in [1.29, 1.82) is 0 Å². The number of hydrogen-bond acceptors (Lipinski definition) is 7. The number of methoxy groups -OCH3 is 1. The van der Waals surface area contributed by atoms with Crippen LogP contribution in [0.25, 0.3) is 10.9 Å². The number of carbonyl (C=O) groups is 2. The van der Waals surface area contributed by atoms with Crippen LogP contribution in [0.15, 0.2) is 27.8 Å². The summed E-state index contributed by atoms with van der Waals surface area (Å²) in [6, 6.07) is 1.76. The monoisotopic (exact) mass is 477 g/mol. The van der Waals surface area contributed by atoms with Gasteiger partial charge in [-0.25, -0.2) is 23.3 Å². The van der Waals surface area contributed by atoms with Gasteiger partial charge in [0.2, 0.25) is 0 Å². The highest BCUT2D eigenvalue weighted by Gasteiger charge is 2.55. The number of morpholine rings is 1. The second-order valence-electron chi connectivity index (χ2n) is 9.82. The standard InChI is InChI=1S/C23H28FN3O7/c1-22(2,3)34-21(31)27-14-7-8-23(27,12-33-11-14)10-17(19(29)32-4)26-18(28)15-9-13(24)5-6-16(15)25-20(26)30/h5-6,9,14,17H,7-8,10-12H2,1-4H3,(H,25,30). The van der Waals surface area contributed by atoms with Crippen LogP contribution in [0.5, 0.6) is 0 Å². The molecule has 2 aromatic rings. The highest BCUT2D eigenvalue weighted by atomic mass is 19.1. The van der Waals surface area contributed by atoms with Crippen molar-refractivity contribution in [2.75, 3.05) is 20.3 Å². The van der Waals surface area contributed by atoms with Gasteiger partial charge in [-0.05, 0) is 51.8 Å². The Hall–Kier alpha value is -3.21. The molecule has 10 nitrogen and oxygen atoms in total. The third kappa shape index (κ3) is 4.20. The Balaban J connectivity index is 1.80. The number of fused-ring (bicyclic) bond motifs is 3. The topological polar surface area (TPSA) is 120 Å². The van der Waals surface area contributed by atoms with Crippen LogP contribution in [0.2, 0.25) is 0 Å². The second-order valence-corrected chi connectivity index (χ2v) is 9.82. The highest BCUT2D eigenvalue weighted by Crippen LogP contribution is 2.43. The number of benzene rings is 1. The SMILES string of the molecule is COC(=O)C(CC12CCC(COC1)N2C(=O)OC(C)(C)C)n1c(=O)[nH]c2ccc(F)cc2c1=O. The van der Waals surface area contributed by atoms with Crippen molar-refractivity contribution in [3.63, 3.8) is 0 Å². The lowest BCUT2D eigenvalue weighted by Gasteiger charge is -2.45. The zero-order valence-electron chi connectivity index (χ0n) is 19.6. The van der Waals surface area contributed by atoms with Crippen LogP contribution < -0.4 is 11.2 Å². The summed E-state index contributed by atoms with van der Waals surface area (Å²) in [4.78, 5) is 56.3. The molecule has 0 spiro atoms. The molecule has 1 N–H and O–H groups in total. The lowest BCUT2D eigenvalue weighted by Crippen LogP contribution is -2.60. The van der Waals surface area contributed by atoms with E-state index >= 15 is 0 Å². The fourth-order valence-electron chi connectivity index (χ4n) is 4.93. The van der Waals surface area contributed by atoms with Gasteiger partial charge in [0.05, 0.1) is 42.8 Å². The van der Waals surface area contributed by atoms with Gasteiger partial charge in [0.15, 0.2) is 0 Å². The maximum atomic E-state index is 13.8. The molecule has 2 aliphatic rings. The van der Waals surface area contributed by atoms with Crippen LogP contribution in [0.1, 0.15) is 46.1 Å². The smallest absolute Gasteiger partial charge is 0.411 e. The van der Waals surface area contributed by atoms with Crippen LogP contribution in [0.4, 0.5) is 9.18 Å². The van der Waals surface area contributed by atoms with E-state index in [0.29, 0.717) is 19.4 Å². The largest absolute Gasteiger partial charge is 0.467 e. The molecule has 184 valence electrons. The minimum absolute atomic E-state index is 0.0841. The van der Waals surface area contributed by atoms with Gasteiger partial charge < -0.3 is 19.2 Å². The normalized spacial score (nSPS) is 23.1. The predicted molar refractivity (Wildman–Crippen MR) is 119 cm³/mol. The number of carbonyl (C=O) groups excluding carboxylic acids is 2. The first kappa shape index (κ1) is 23.9. The van der Waals surface area contributed by atoms with Gasteiger partial charge in [-0.1, -0.05) is 0 Å².